The van der Waals surface area contributed by atoms with Crippen LogP contribution in [0.25, 0.3) is 0 Å². The second kappa shape index (κ2) is 4.98. The number of hydrogen-bond donors (Lipinski definition) is 1. The van der Waals surface area contributed by atoms with Crippen molar-refractivity contribution in [2.24, 2.45) is 0 Å². The number of nitrogens with zero attached hydrogens (tertiary/aromatic N) is 2. The molecule has 6 heteroatoms. The summed E-state index contributed by atoms with van der Waals surface area (Å²) in [5, 5.41) is 3.07. The molecule has 5 nitrogen and oxygen atoms in total. The highest BCUT2D eigenvalue weighted by Crippen LogP contribution is 2.16. The standard InChI is InChI=1S/C11H14ClN3O2/c1-6(2)10-13-3-8(12)9(15-10)11(16)14-7-4-17-5-7/h3,6-7H,4-5H2,1-2H3,(H,14,16). The Morgan fingerprint density at radius 1 is 1.59 bits per heavy atom. The first kappa shape index (κ1) is 12.3. The van der Waals surface area contributed by atoms with Crippen molar-refractivity contribution >= 4 is 17.5 Å². The van der Waals surface area contributed by atoms with Crippen molar-refractivity contribution in [1.29, 1.82) is 0 Å². The Hall–Kier alpha value is -1.20. The monoisotopic (exact) mass is 255 g/mol. The second-order valence-electron chi connectivity index (χ2n) is 4.29. The number of carbonyl (C=O) groups excluding carboxylic acids is 1. The van der Waals surface area contributed by atoms with Gasteiger partial charge in [0.15, 0.2) is 0 Å². The average Bonchev–Trinajstić information content (AvgIpc) is 2.23. The smallest absolute Gasteiger partial charge is 0.271 e. The number of amides is 1. The molecule has 92 valence electrons. The van der Waals surface area contributed by atoms with Gasteiger partial charge in [0, 0.05) is 5.92 Å². The maximum absolute atomic E-state index is 11.9. The van der Waals surface area contributed by atoms with Gasteiger partial charge >= 0.3 is 0 Å². The van der Waals surface area contributed by atoms with Crippen LogP contribution in [0, 0.1) is 0 Å². The average molecular weight is 256 g/mol. The Labute approximate surface area is 105 Å². The molecule has 0 saturated carbocycles. The number of ether oxygens (including phenoxy) is 1. The lowest BCUT2D eigenvalue weighted by Gasteiger charge is -2.26. The summed E-state index contributed by atoms with van der Waals surface area (Å²) in [5.41, 5.74) is 0.234. The van der Waals surface area contributed by atoms with Crippen LogP contribution in [0.15, 0.2) is 6.20 Å². The van der Waals surface area contributed by atoms with E-state index >= 15 is 0 Å². The van der Waals surface area contributed by atoms with Crippen LogP contribution < -0.4 is 5.32 Å². The van der Waals surface area contributed by atoms with Crippen LogP contribution in [0.2, 0.25) is 5.02 Å². The molecule has 1 saturated heterocycles. The number of rotatable bonds is 3. The predicted molar refractivity (Wildman–Crippen MR) is 63.2 cm³/mol. The van der Waals surface area contributed by atoms with Crippen molar-refractivity contribution in [2.75, 3.05) is 13.2 Å². The summed E-state index contributed by atoms with van der Waals surface area (Å²) in [6.07, 6.45) is 1.47. The van der Waals surface area contributed by atoms with E-state index in [9.17, 15) is 4.79 Å². The van der Waals surface area contributed by atoms with E-state index in [1.54, 1.807) is 0 Å². The summed E-state index contributed by atoms with van der Waals surface area (Å²) in [6.45, 7) is 5.02. The summed E-state index contributed by atoms with van der Waals surface area (Å²) in [6, 6.07) is 0.0658. The molecule has 1 aliphatic rings. The minimum Gasteiger partial charge on any atom is -0.377 e. The molecule has 17 heavy (non-hydrogen) atoms. The molecule has 1 aliphatic heterocycles. The van der Waals surface area contributed by atoms with E-state index in [2.05, 4.69) is 15.3 Å². The van der Waals surface area contributed by atoms with Gasteiger partial charge in [0.2, 0.25) is 0 Å². The summed E-state index contributed by atoms with van der Waals surface area (Å²) in [5.74, 6) is 0.503. The molecule has 1 N–H and O–H groups in total. The van der Waals surface area contributed by atoms with Gasteiger partial charge in [-0.3, -0.25) is 4.79 Å². The fourth-order valence-corrected chi connectivity index (χ4v) is 1.57. The number of hydrogen-bond acceptors (Lipinski definition) is 4. The van der Waals surface area contributed by atoms with E-state index in [0.717, 1.165) is 0 Å². The third kappa shape index (κ3) is 2.73. The van der Waals surface area contributed by atoms with Crippen LogP contribution >= 0.6 is 11.6 Å². The van der Waals surface area contributed by atoms with Gasteiger partial charge in [-0.1, -0.05) is 25.4 Å². The first-order chi connectivity index (χ1) is 8.08. The van der Waals surface area contributed by atoms with E-state index in [1.165, 1.54) is 6.20 Å². The lowest BCUT2D eigenvalue weighted by Crippen LogP contribution is -2.48. The van der Waals surface area contributed by atoms with E-state index in [1.807, 2.05) is 13.8 Å². The molecule has 2 rings (SSSR count). The molecule has 0 aliphatic carbocycles. The number of aromatic nitrogens is 2. The summed E-state index contributed by atoms with van der Waals surface area (Å²) in [4.78, 5) is 20.2. The second-order valence-corrected chi connectivity index (χ2v) is 4.69. The molecule has 1 fully saturated rings. The molecule has 1 aromatic heterocycles. The molecule has 0 bridgehead atoms. The lowest BCUT2D eigenvalue weighted by molar-refractivity contribution is -0.00355. The Bertz CT molecular complexity index is 433. The summed E-state index contributed by atoms with van der Waals surface area (Å²) in [7, 11) is 0. The van der Waals surface area contributed by atoms with Crippen molar-refractivity contribution < 1.29 is 9.53 Å². The van der Waals surface area contributed by atoms with Crippen molar-refractivity contribution in [3.8, 4) is 0 Å². The van der Waals surface area contributed by atoms with Crippen LogP contribution in [0.4, 0.5) is 0 Å². The van der Waals surface area contributed by atoms with E-state index < -0.39 is 0 Å². The zero-order valence-electron chi connectivity index (χ0n) is 9.74. The van der Waals surface area contributed by atoms with Crippen molar-refractivity contribution in [1.82, 2.24) is 15.3 Å². The molecular formula is C11H14ClN3O2. The first-order valence-corrected chi connectivity index (χ1v) is 5.86. The Morgan fingerprint density at radius 2 is 2.29 bits per heavy atom. The van der Waals surface area contributed by atoms with Crippen LogP contribution in [-0.4, -0.2) is 35.1 Å². The SMILES string of the molecule is CC(C)c1ncc(Cl)c(C(=O)NC2COC2)n1. The number of carbonyl (C=O) groups is 1. The Morgan fingerprint density at radius 3 is 2.82 bits per heavy atom. The van der Waals surface area contributed by atoms with Crippen molar-refractivity contribution in [3.63, 3.8) is 0 Å². The highest BCUT2D eigenvalue weighted by atomic mass is 35.5. The van der Waals surface area contributed by atoms with Crippen molar-refractivity contribution in [2.45, 2.75) is 25.8 Å². The third-order valence-corrected chi connectivity index (χ3v) is 2.74. The Kier molecular flexibility index (Phi) is 3.59. The first-order valence-electron chi connectivity index (χ1n) is 5.49. The van der Waals surface area contributed by atoms with Crippen LogP contribution in [0.5, 0.6) is 0 Å². The number of halogens is 1. The van der Waals surface area contributed by atoms with E-state index in [4.69, 9.17) is 16.3 Å². The summed E-state index contributed by atoms with van der Waals surface area (Å²) >= 11 is 5.92. The fourth-order valence-electron chi connectivity index (χ4n) is 1.39. The van der Waals surface area contributed by atoms with Crippen LogP contribution in [-0.2, 0) is 4.74 Å². The quantitative estimate of drug-likeness (QED) is 0.886. The topological polar surface area (TPSA) is 64.1 Å². The third-order valence-electron chi connectivity index (χ3n) is 2.47. The fraction of sp³-hybridized carbons (Fsp3) is 0.545. The molecule has 0 spiro atoms. The normalized spacial score (nSPS) is 15.8. The molecule has 0 radical (unpaired) electrons. The number of nitrogens with one attached hydrogen (secondary N) is 1. The van der Waals surface area contributed by atoms with Gasteiger partial charge < -0.3 is 10.1 Å². The van der Waals surface area contributed by atoms with Gasteiger partial charge in [-0.15, -0.1) is 0 Å². The molecule has 1 aromatic rings. The highest BCUT2D eigenvalue weighted by Gasteiger charge is 2.23. The van der Waals surface area contributed by atoms with E-state index in [0.29, 0.717) is 19.0 Å². The van der Waals surface area contributed by atoms with Gasteiger partial charge in [-0.2, -0.15) is 0 Å². The molecule has 0 aromatic carbocycles. The van der Waals surface area contributed by atoms with Gasteiger partial charge in [0.25, 0.3) is 5.91 Å². The zero-order valence-corrected chi connectivity index (χ0v) is 10.5. The van der Waals surface area contributed by atoms with E-state index in [-0.39, 0.29) is 28.6 Å². The predicted octanol–water partition coefficient (Wildman–Crippen LogP) is 1.38. The lowest BCUT2D eigenvalue weighted by atomic mass is 10.2. The van der Waals surface area contributed by atoms with Crippen LogP contribution in [0.1, 0.15) is 36.1 Å². The Balaban J connectivity index is 2.17. The van der Waals surface area contributed by atoms with Gasteiger partial charge in [-0.05, 0) is 0 Å². The van der Waals surface area contributed by atoms with Gasteiger partial charge in [-0.25, -0.2) is 9.97 Å². The maximum atomic E-state index is 11.9. The van der Waals surface area contributed by atoms with Crippen LogP contribution in [0.3, 0.4) is 0 Å². The highest BCUT2D eigenvalue weighted by molar-refractivity contribution is 6.33. The summed E-state index contributed by atoms with van der Waals surface area (Å²) < 4.78 is 4.98. The molecular weight excluding hydrogens is 242 g/mol. The minimum atomic E-state index is -0.271. The van der Waals surface area contributed by atoms with Crippen molar-refractivity contribution in [3.05, 3.63) is 22.7 Å². The largest absolute Gasteiger partial charge is 0.377 e. The van der Waals surface area contributed by atoms with Gasteiger partial charge in [0.1, 0.15) is 11.5 Å². The molecule has 0 atom stereocenters. The zero-order chi connectivity index (χ0) is 12.4. The molecule has 2 heterocycles. The van der Waals surface area contributed by atoms with Gasteiger partial charge in [0.05, 0.1) is 30.5 Å². The molecule has 1 amide bonds. The molecule has 0 unspecified atom stereocenters. The minimum absolute atomic E-state index is 0.0658. The maximum Gasteiger partial charge on any atom is 0.271 e.